The van der Waals surface area contributed by atoms with Crippen molar-refractivity contribution in [3.8, 4) is 11.4 Å². The topological polar surface area (TPSA) is 101 Å². The van der Waals surface area contributed by atoms with E-state index in [4.69, 9.17) is 5.11 Å². The van der Waals surface area contributed by atoms with Gasteiger partial charge in [0.2, 0.25) is 5.95 Å². The number of anilines is 1. The van der Waals surface area contributed by atoms with Crippen LogP contribution in [0.5, 0.6) is 0 Å². The summed E-state index contributed by atoms with van der Waals surface area (Å²) in [5, 5.41) is 15.4. The molecule has 0 aromatic carbocycles. The number of carbonyl (C=O) groups is 1. The minimum atomic E-state index is -0.998. The van der Waals surface area contributed by atoms with Crippen LogP contribution in [0.25, 0.3) is 11.4 Å². The second-order valence-electron chi connectivity index (χ2n) is 5.34. The molecule has 0 aliphatic rings. The van der Waals surface area contributed by atoms with Crippen molar-refractivity contribution < 1.29 is 9.90 Å². The SMILES string of the molecule is CCCc1nc(CNc2nccc(-c3cc(C(=O)O)ccn3)n2)cs1. The monoisotopic (exact) mass is 355 g/mol. The fraction of sp³-hybridized carbons (Fsp3) is 0.235. The highest BCUT2D eigenvalue weighted by Crippen LogP contribution is 2.17. The van der Waals surface area contributed by atoms with Gasteiger partial charge < -0.3 is 10.4 Å². The molecule has 3 heterocycles. The van der Waals surface area contributed by atoms with E-state index in [9.17, 15) is 4.79 Å². The Bertz CT molecular complexity index is 881. The Balaban J connectivity index is 1.72. The van der Waals surface area contributed by atoms with Crippen LogP contribution >= 0.6 is 11.3 Å². The van der Waals surface area contributed by atoms with Gasteiger partial charge >= 0.3 is 5.97 Å². The standard InChI is InChI=1S/C17H17N5O2S/c1-2-3-15-21-12(10-25-15)9-20-17-19-7-5-13(22-17)14-8-11(16(23)24)4-6-18-14/h4-8,10H,2-3,9H2,1H3,(H,23,24)(H,19,20,22). The first kappa shape index (κ1) is 17.0. The van der Waals surface area contributed by atoms with Gasteiger partial charge in [0.25, 0.3) is 0 Å². The molecule has 8 heteroatoms. The van der Waals surface area contributed by atoms with Crippen LogP contribution < -0.4 is 5.32 Å². The predicted octanol–water partition coefficient (Wildman–Crippen LogP) is 3.26. The van der Waals surface area contributed by atoms with Crippen molar-refractivity contribution in [1.29, 1.82) is 0 Å². The zero-order valence-corrected chi connectivity index (χ0v) is 14.5. The van der Waals surface area contributed by atoms with E-state index in [1.54, 1.807) is 23.6 Å². The van der Waals surface area contributed by atoms with E-state index in [1.165, 1.54) is 18.3 Å². The number of nitrogens with zero attached hydrogens (tertiary/aromatic N) is 4. The summed E-state index contributed by atoms with van der Waals surface area (Å²) in [6.07, 6.45) is 5.14. The predicted molar refractivity (Wildman–Crippen MR) is 95.7 cm³/mol. The van der Waals surface area contributed by atoms with Crippen molar-refractivity contribution in [2.45, 2.75) is 26.3 Å². The third-order valence-corrected chi connectivity index (χ3v) is 4.37. The Hall–Kier alpha value is -2.87. The fourth-order valence-corrected chi connectivity index (χ4v) is 3.12. The quantitative estimate of drug-likeness (QED) is 0.671. The molecule has 0 bridgehead atoms. The first-order valence-electron chi connectivity index (χ1n) is 7.85. The molecule has 0 saturated carbocycles. The van der Waals surface area contributed by atoms with E-state index in [-0.39, 0.29) is 5.56 Å². The van der Waals surface area contributed by atoms with Crippen LogP contribution in [0, 0.1) is 0 Å². The number of carboxylic acid groups (broad SMARTS) is 1. The Morgan fingerprint density at radius 2 is 2.04 bits per heavy atom. The molecule has 0 fully saturated rings. The third-order valence-electron chi connectivity index (χ3n) is 3.42. The minimum Gasteiger partial charge on any atom is -0.478 e. The maximum atomic E-state index is 11.1. The molecule has 0 aliphatic carbocycles. The van der Waals surface area contributed by atoms with Crippen LogP contribution in [0.3, 0.4) is 0 Å². The summed E-state index contributed by atoms with van der Waals surface area (Å²) in [7, 11) is 0. The zero-order valence-electron chi connectivity index (χ0n) is 13.6. The molecular weight excluding hydrogens is 338 g/mol. The molecule has 0 aliphatic heterocycles. The van der Waals surface area contributed by atoms with Gasteiger partial charge in [0.1, 0.15) is 0 Å². The van der Waals surface area contributed by atoms with Gasteiger partial charge in [-0.25, -0.2) is 19.7 Å². The summed E-state index contributed by atoms with van der Waals surface area (Å²) in [5.41, 5.74) is 2.17. The van der Waals surface area contributed by atoms with Crippen LogP contribution in [0.1, 0.15) is 34.4 Å². The summed E-state index contributed by atoms with van der Waals surface area (Å²) >= 11 is 1.66. The lowest BCUT2D eigenvalue weighted by molar-refractivity contribution is 0.0697. The lowest BCUT2D eigenvalue weighted by atomic mass is 10.2. The number of carboxylic acids is 1. The van der Waals surface area contributed by atoms with Gasteiger partial charge in [0, 0.05) is 17.8 Å². The molecule has 25 heavy (non-hydrogen) atoms. The van der Waals surface area contributed by atoms with E-state index in [0.29, 0.717) is 23.9 Å². The molecule has 3 rings (SSSR count). The summed E-state index contributed by atoms with van der Waals surface area (Å²) < 4.78 is 0. The Morgan fingerprint density at radius 1 is 1.20 bits per heavy atom. The van der Waals surface area contributed by atoms with Crippen molar-refractivity contribution in [3.05, 3.63) is 52.2 Å². The van der Waals surface area contributed by atoms with E-state index in [0.717, 1.165) is 23.5 Å². The largest absolute Gasteiger partial charge is 0.478 e. The number of hydrogen-bond donors (Lipinski definition) is 2. The normalized spacial score (nSPS) is 10.6. The van der Waals surface area contributed by atoms with Crippen LogP contribution in [0.4, 0.5) is 5.95 Å². The molecule has 0 radical (unpaired) electrons. The third kappa shape index (κ3) is 4.36. The van der Waals surface area contributed by atoms with Crippen LogP contribution in [0.2, 0.25) is 0 Å². The summed E-state index contributed by atoms with van der Waals surface area (Å²) in [5.74, 6) is -0.549. The number of thiazole rings is 1. The first-order chi connectivity index (χ1) is 12.2. The molecular formula is C17H17N5O2S. The highest BCUT2D eigenvalue weighted by atomic mass is 32.1. The molecule has 128 valence electrons. The van der Waals surface area contributed by atoms with Gasteiger partial charge in [0.15, 0.2) is 0 Å². The van der Waals surface area contributed by atoms with Gasteiger partial charge in [0.05, 0.1) is 34.2 Å². The number of hydrogen-bond acceptors (Lipinski definition) is 7. The fourth-order valence-electron chi connectivity index (χ4n) is 2.22. The summed E-state index contributed by atoms with van der Waals surface area (Å²) in [6.45, 7) is 2.66. The minimum absolute atomic E-state index is 0.170. The average Bonchev–Trinajstić information content (AvgIpc) is 3.08. The van der Waals surface area contributed by atoms with Gasteiger partial charge in [-0.3, -0.25) is 4.98 Å². The summed E-state index contributed by atoms with van der Waals surface area (Å²) in [6, 6.07) is 4.63. The van der Waals surface area contributed by atoms with Crippen LogP contribution in [-0.4, -0.2) is 31.0 Å². The number of pyridine rings is 1. The van der Waals surface area contributed by atoms with Crippen molar-refractivity contribution in [2.24, 2.45) is 0 Å². The average molecular weight is 355 g/mol. The molecule has 0 amide bonds. The highest BCUT2D eigenvalue weighted by molar-refractivity contribution is 7.09. The van der Waals surface area contributed by atoms with Crippen molar-refractivity contribution in [1.82, 2.24) is 19.9 Å². The van der Waals surface area contributed by atoms with Crippen LogP contribution in [0.15, 0.2) is 36.0 Å². The Morgan fingerprint density at radius 3 is 2.84 bits per heavy atom. The number of aromatic nitrogens is 4. The molecule has 0 spiro atoms. The molecule has 7 nitrogen and oxygen atoms in total. The Kier molecular flexibility index (Phi) is 5.30. The van der Waals surface area contributed by atoms with Gasteiger partial charge in [-0.15, -0.1) is 11.3 Å². The number of aromatic carboxylic acids is 1. The number of aryl methyl sites for hydroxylation is 1. The van der Waals surface area contributed by atoms with Gasteiger partial charge in [-0.05, 0) is 31.0 Å². The van der Waals surface area contributed by atoms with E-state index in [1.807, 2.05) is 5.38 Å². The smallest absolute Gasteiger partial charge is 0.335 e. The summed E-state index contributed by atoms with van der Waals surface area (Å²) in [4.78, 5) is 28.4. The second kappa shape index (κ2) is 7.80. The molecule has 3 aromatic heterocycles. The van der Waals surface area contributed by atoms with Crippen molar-refractivity contribution in [3.63, 3.8) is 0 Å². The lowest BCUT2D eigenvalue weighted by Gasteiger charge is -2.05. The Labute approximate surface area is 148 Å². The maximum Gasteiger partial charge on any atom is 0.335 e. The first-order valence-corrected chi connectivity index (χ1v) is 8.73. The van der Waals surface area contributed by atoms with Crippen LogP contribution in [-0.2, 0) is 13.0 Å². The molecule has 0 saturated heterocycles. The highest BCUT2D eigenvalue weighted by Gasteiger charge is 2.08. The molecule has 0 atom stereocenters. The number of rotatable bonds is 7. The van der Waals surface area contributed by atoms with E-state index < -0.39 is 5.97 Å². The molecule has 3 aromatic rings. The van der Waals surface area contributed by atoms with E-state index in [2.05, 4.69) is 32.2 Å². The van der Waals surface area contributed by atoms with Crippen molar-refractivity contribution >= 4 is 23.3 Å². The molecule has 0 unspecified atom stereocenters. The van der Waals surface area contributed by atoms with E-state index >= 15 is 0 Å². The second-order valence-corrected chi connectivity index (χ2v) is 6.28. The molecule has 2 N–H and O–H groups in total. The van der Waals surface area contributed by atoms with Gasteiger partial charge in [-0.1, -0.05) is 6.92 Å². The maximum absolute atomic E-state index is 11.1. The lowest BCUT2D eigenvalue weighted by Crippen LogP contribution is -2.05. The van der Waals surface area contributed by atoms with Gasteiger partial charge in [-0.2, -0.15) is 0 Å². The van der Waals surface area contributed by atoms with Crippen molar-refractivity contribution in [2.75, 3.05) is 5.32 Å². The zero-order chi connectivity index (χ0) is 17.6. The number of nitrogens with one attached hydrogen (secondary N) is 1.